The molecule has 0 unspecified atom stereocenters. The van der Waals surface area contributed by atoms with Crippen LogP contribution in [0.2, 0.25) is 0 Å². The van der Waals surface area contributed by atoms with Crippen LogP contribution in [0.15, 0.2) is 29.4 Å². The van der Waals surface area contributed by atoms with Gasteiger partial charge in [0.25, 0.3) is 0 Å². The summed E-state index contributed by atoms with van der Waals surface area (Å²) in [7, 11) is 0. The first kappa shape index (κ1) is 16.4. The van der Waals surface area contributed by atoms with E-state index in [1.54, 1.807) is 0 Å². The number of benzene rings is 1. The lowest BCUT2D eigenvalue weighted by molar-refractivity contribution is 0.501. The Hall–Kier alpha value is -1.97. The van der Waals surface area contributed by atoms with Crippen molar-refractivity contribution < 1.29 is 0 Å². The van der Waals surface area contributed by atoms with Crippen molar-refractivity contribution >= 4 is 16.9 Å². The third-order valence-corrected chi connectivity index (χ3v) is 3.48. The van der Waals surface area contributed by atoms with E-state index in [0.717, 1.165) is 25.5 Å². The van der Waals surface area contributed by atoms with Crippen LogP contribution in [0, 0.1) is 6.92 Å². The standard InChI is InChI=1S/C18H28N4/c1-6-19-17(22-18(3,4)5)20-11-10-14-12-21-15-9-7-8-13(2)16(14)15/h7-9,12,21H,6,10-11H2,1-5H3,(H2,19,20,22). The highest BCUT2D eigenvalue weighted by molar-refractivity contribution is 5.86. The molecule has 0 radical (unpaired) electrons. The smallest absolute Gasteiger partial charge is 0.191 e. The summed E-state index contributed by atoms with van der Waals surface area (Å²) in [5.41, 5.74) is 3.87. The van der Waals surface area contributed by atoms with Crippen molar-refractivity contribution in [1.29, 1.82) is 0 Å². The molecular weight excluding hydrogens is 272 g/mol. The first-order valence-corrected chi connectivity index (χ1v) is 8.03. The Morgan fingerprint density at radius 2 is 2.05 bits per heavy atom. The largest absolute Gasteiger partial charge is 0.361 e. The Balaban J connectivity index is 2.08. The van der Waals surface area contributed by atoms with Crippen LogP contribution < -0.4 is 10.6 Å². The Labute approximate surface area is 133 Å². The second-order valence-corrected chi connectivity index (χ2v) is 6.70. The minimum Gasteiger partial charge on any atom is -0.361 e. The maximum atomic E-state index is 4.69. The molecule has 0 saturated carbocycles. The summed E-state index contributed by atoms with van der Waals surface area (Å²) < 4.78 is 0. The van der Waals surface area contributed by atoms with E-state index in [1.807, 2.05) is 0 Å². The zero-order chi connectivity index (χ0) is 16.2. The van der Waals surface area contributed by atoms with Crippen LogP contribution in [-0.2, 0) is 6.42 Å². The highest BCUT2D eigenvalue weighted by Gasteiger charge is 2.11. The van der Waals surface area contributed by atoms with Gasteiger partial charge in [-0.05, 0) is 58.2 Å². The maximum Gasteiger partial charge on any atom is 0.191 e. The number of H-pyrrole nitrogens is 1. The Morgan fingerprint density at radius 1 is 1.27 bits per heavy atom. The van der Waals surface area contributed by atoms with Crippen LogP contribution >= 0.6 is 0 Å². The Bertz CT molecular complexity index is 647. The molecule has 0 aliphatic rings. The van der Waals surface area contributed by atoms with E-state index in [-0.39, 0.29) is 5.54 Å². The fourth-order valence-electron chi connectivity index (χ4n) is 2.60. The molecule has 0 aliphatic heterocycles. The van der Waals surface area contributed by atoms with E-state index < -0.39 is 0 Å². The molecule has 1 aromatic heterocycles. The predicted octanol–water partition coefficient (Wildman–Crippen LogP) is 3.37. The number of aliphatic imine (C=N–C) groups is 1. The highest BCUT2D eigenvalue weighted by Crippen LogP contribution is 2.22. The Morgan fingerprint density at radius 3 is 2.73 bits per heavy atom. The quantitative estimate of drug-likeness (QED) is 0.599. The molecule has 4 heteroatoms. The molecule has 0 fully saturated rings. The van der Waals surface area contributed by atoms with Crippen LogP contribution in [0.1, 0.15) is 38.8 Å². The van der Waals surface area contributed by atoms with Crippen molar-refractivity contribution in [2.75, 3.05) is 13.1 Å². The monoisotopic (exact) mass is 300 g/mol. The zero-order valence-electron chi connectivity index (χ0n) is 14.4. The van der Waals surface area contributed by atoms with Crippen molar-refractivity contribution in [2.24, 2.45) is 4.99 Å². The van der Waals surface area contributed by atoms with Crippen molar-refractivity contribution in [1.82, 2.24) is 15.6 Å². The SMILES string of the molecule is CCNC(=NCCc1c[nH]c2cccc(C)c12)NC(C)(C)C. The molecule has 0 saturated heterocycles. The lowest BCUT2D eigenvalue weighted by Crippen LogP contribution is -2.47. The van der Waals surface area contributed by atoms with Gasteiger partial charge in [0, 0.05) is 35.7 Å². The number of rotatable bonds is 4. The summed E-state index contributed by atoms with van der Waals surface area (Å²) in [6.45, 7) is 12.3. The summed E-state index contributed by atoms with van der Waals surface area (Å²) in [6, 6.07) is 6.38. The van der Waals surface area contributed by atoms with E-state index in [1.165, 1.54) is 22.0 Å². The van der Waals surface area contributed by atoms with Gasteiger partial charge in [0.05, 0.1) is 0 Å². The number of hydrogen-bond acceptors (Lipinski definition) is 1. The minimum absolute atomic E-state index is 0.0123. The number of nitrogens with zero attached hydrogens (tertiary/aromatic N) is 1. The van der Waals surface area contributed by atoms with Crippen molar-refractivity contribution in [3.05, 3.63) is 35.5 Å². The third kappa shape index (κ3) is 4.26. The van der Waals surface area contributed by atoms with Gasteiger partial charge in [-0.1, -0.05) is 12.1 Å². The topological polar surface area (TPSA) is 52.2 Å². The second-order valence-electron chi connectivity index (χ2n) is 6.70. The summed E-state index contributed by atoms with van der Waals surface area (Å²) in [4.78, 5) is 8.04. The second kappa shape index (κ2) is 6.86. The summed E-state index contributed by atoms with van der Waals surface area (Å²) in [5, 5.41) is 8.06. The molecule has 120 valence electrons. The number of aromatic nitrogens is 1. The third-order valence-electron chi connectivity index (χ3n) is 3.48. The van der Waals surface area contributed by atoms with Gasteiger partial charge >= 0.3 is 0 Å². The molecule has 0 amide bonds. The van der Waals surface area contributed by atoms with E-state index in [2.05, 4.69) is 74.6 Å². The average Bonchev–Trinajstić information content (AvgIpc) is 2.82. The number of nitrogens with one attached hydrogen (secondary N) is 3. The first-order chi connectivity index (χ1) is 10.4. The molecule has 1 aromatic carbocycles. The predicted molar refractivity (Wildman–Crippen MR) is 95.6 cm³/mol. The van der Waals surface area contributed by atoms with Crippen LogP contribution in [-0.4, -0.2) is 29.6 Å². The number of guanidine groups is 1. The van der Waals surface area contributed by atoms with E-state index in [0.29, 0.717) is 0 Å². The molecule has 4 nitrogen and oxygen atoms in total. The molecule has 3 N–H and O–H groups in total. The van der Waals surface area contributed by atoms with Crippen LogP contribution in [0.4, 0.5) is 0 Å². The number of aromatic amines is 1. The van der Waals surface area contributed by atoms with Gasteiger partial charge in [0.15, 0.2) is 5.96 Å². The number of fused-ring (bicyclic) bond motifs is 1. The van der Waals surface area contributed by atoms with Gasteiger partial charge in [-0.15, -0.1) is 0 Å². The molecule has 22 heavy (non-hydrogen) atoms. The van der Waals surface area contributed by atoms with Gasteiger partial charge in [-0.3, -0.25) is 4.99 Å². The molecule has 0 atom stereocenters. The fraction of sp³-hybridized carbons (Fsp3) is 0.500. The van der Waals surface area contributed by atoms with Crippen molar-refractivity contribution in [2.45, 2.75) is 46.6 Å². The van der Waals surface area contributed by atoms with Crippen molar-refractivity contribution in [3.8, 4) is 0 Å². The summed E-state index contributed by atoms with van der Waals surface area (Å²) >= 11 is 0. The van der Waals surface area contributed by atoms with Crippen molar-refractivity contribution in [3.63, 3.8) is 0 Å². The molecule has 1 heterocycles. The van der Waals surface area contributed by atoms with Crippen LogP contribution in [0.5, 0.6) is 0 Å². The molecule has 0 bridgehead atoms. The lowest BCUT2D eigenvalue weighted by atomic mass is 10.1. The number of hydrogen-bond donors (Lipinski definition) is 3. The molecule has 2 aromatic rings. The maximum absolute atomic E-state index is 4.69. The fourth-order valence-corrected chi connectivity index (χ4v) is 2.60. The van der Waals surface area contributed by atoms with E-state index in [4.69, 9.17) is 4.99 Å². The molecular formula is C18H28N4. The van der Waals surface area contributed by atoms with Gasteiger partial charge in [0.1, 0.15) is 0 Å². The number of aryl methyl sites for hydroxylation is 1. The minimum atomic E-state index is 0.0123. The first-order valence-electron chi connectivity index (χ1n) is 8.03. The van der Waals surface area contributed by atoms with E-state index >= 15 is 0 Å². The van der Waals surface area contributed by atoms with Gasteiger partial charge in [-0.2, -0.15) is 0 Å². The average molecular weight is 300 g/mol. The van der Waals surface area contributed by atoms with Crippen LogP contribution in [0.3, 0.4) is 0 Å². The molecule has 2 rings (SSSR count). The summed E-state index contributed by atoms with van der Waals surface area (Å²) in [5.74, 6) is 0.881. The highest BCUT2D eigenvalue weighted by atomic mass is 15.2. The Kier molecular flexibility index (Phi) is 5.11. The molecule has 0 spiro atoms. The van der Waals surface area contributed by atoms with Gasteiger partial charge < -0.3 is 15.6 Å². The normalized spacial score (nSPS) is 12.7. The summed E-state index contributed by atoms with van der Waals surface area (Å²) in [6.07, 6.45) is 3.04. The molecule has 0 aliphatic carbocycles. The lowest BCUT2D eigenvalue weighted by Gasteiger charge is -2.23. The van der Waals surface area contributed by atoms with Crippen LogP contribution in [0.25, 0.3) is 10.9 Å². The zero-order valence-corrected chi connectivity index (χ0v) is 14.4. The van der Waals surface area contributed by atoms with Gasteiger partial charge in [0.2, 0.25) is 0 Å². The van der Waals surface area contributed by atoms with Gasteiger partial charge in [-0.25, -0.2) is 0 Å². The van der Waals surface area contributed by atoms with E-state index in [9.17, 15) is 0 Å².